The fraction of sp³-hybridized carbons (Fsp3) is 0.346. The van der Waals surface area contributed by atoms with Crippen molar-refractivity contribution in [3.63, 3.8) is 0 Å². The van der Waals surface area contributed by atoms with Gasteiger partial charge >= 0.3 is 0 Å². The Hall–Kier alpha value is -3.12. The molecule has 1 aliphatic rings. The van der Waals surface area contributed by atoms with Crippen LogP contribution >= 0.6 is 0 Å². The predicted octanol–water partition coefficient (Wildman–Crippen LogP) is 5.52. The zero-order chi connectivity index (χ0) is 22.7. The molecule has 1 atom stereocenters. The summed E-state index contributed by atoms with van der Waals surface area (Å²) in [5.41, 5.74) is 4.99. The first-order chi connectivity index (χ1) is 15.4. The standard InChI is InChI=1S/C26H29FN4O/c1-17-11-12-20(14-18(17)2)16-31-13-7-6-10-24(31)25-28-15-21(19(3)29-25)26(32)30-23-9-5-4-8-22(23)27/h4-5,8-9,11-12,14-15,24H,6-7,10,13,16H2,1-3H3,(H,30,32). The molecule has 1 saturated heterocycles. The number of carbonyl (C=O) groups is 1. The van der Waals surface area contributed by atoms with Crippen LogP contribution in [0.3, 0.4) is 0 Å². The number of halogens is 1. The minimum Gasteiger partial charge on any atom is -0.319 e. The van der Waals surface area contributed by atoms with Crippen LogP contribution in [0.2, 0.25) is 0 Å². The van der Waals surface area contributed by atoms with Gasteiger partial charge in [-0.15, -0.1) is 0 Å². The molecule has 2 heterocycles. The van der Waals surface area contributed by atoms with Crippen molar-refractivity contribution >= 4 is 11.6 Å². The minimum absolute atomic E-state index is 0.118. The third kappa shape index (κ3) is 4.86. The number of hydrogen-bond donors (Lipinski definition) is 1. The SMILES string of the molecule is Cc1ccc(CN2CCCCC2c2ncc(C(=O)Nc3ccccc3F)c(C)n2)cc1C. The maximum absolute atomic E-state index is 13.9. The van der Waals surface area contributed by atoms with Crippen molar-refractivity contribution in [2.45, 2.75) is 52.6 Å². The number of aryl methyl sites for hydroxylation is 3. The van der Waals surface area contributed by atoms with Crippen molar-refractivity contribution in [2.24, 2.45) is 0 Å². The molecule has 1 aliphatic heterocycles. The number of carbonyl (C=O) groups excluding carboxylic acids is 1. The van der Waals surface area contributed by atoms with E-state index in [2.05, 4.69) is 47.2 Å². The molecule has 4 rings (SSSR count). The average molecular weight is 433 g/mol. The highest BCUT2D eigenvalue weighted by Gasteiger charge is 2.27. The number of piperidine rings is 1. The molecule has 0 radical (unpaired) electrons. The van der Waals surface area contributed by atoms with E-state index in [4.69, 9.17) is 4.98 Å². The minimum atomic E-state index is -0.472. The number of likely N-dealkylation sites (tertiary alicyclic amines) is 1. The Labute approximate surface area is 188 Å². The van der Waals surface area contributed by atoms with Crippen LogP contribution in [0.5, 0.6) is 0 Å². The van der Waals surface area contributed by atoms with E-state index in [1.165, 1.54) is 28.8 Å². The van der Waals surface area contributed by atoms with Gasteiger partial charge in [-0.25, -0.2) is 14.4 Å². The third-order valence-electron chi connectivity index (χ3n) is 6.23. The van der Waals surface area contributed by atoms with Crippen molar-refractivity contribution in [2.75, 3.05) is 11.9 Å². The van der Waals surface area contributed by atoms with E-state index in [9.17, 15) is 9.18 Å². The lowest BCUT2D eigenvalue weighted by atomic mass is 9.99. The van der Waals surface area contributed by atoms with Gasteiger partial charge in [0.25, 0.3) is 5.91 Å². The van der Waals surface area contributed by atoms with E-state index in [0.29, 0.717) is 11.3 Å². The lowest BCUT2D eigenvalue weighted by Crippen LogP contribution is -2.34. The van der Waals surface area contributed by atoms with Crippen LogP contribution in [-0.2, 0) is 6.54 Å². The van der Waals surface area contributed by atoms with Crippen LogP contribution in [0.1, 0.15) is 63.9 Å². The van der Waals surface area contributed by atoms with Gasteiger partial charge in [0.05, 0.1) is 23.0 Å². The summed E-state index contributed by atoms with van der Waals surface area (Å²) >= 11 is 0. The van der Waals surface area contributed by atoms with Gasteiger partial charge in [-0.1, -0.05) is 36.8 Å². The Morgan fingerprint density at radius 3 is 2.69 bits per heavy atom. The highest BCUT2D eigenvalue weighted by atomic mass is 19.1. The zero-order valence-electron chi connectivity index (χ0n) is 18.9. The Balaban J connectivity index is 1.53. The van der Waals surface area contributed by atoms with Crippen molar-refractivity contribution in [1.29, 1.82) is 0 Å². The molecule has 166 valence electrons. The molecule has 0 saturated carbocycles. The van der Waals surface area contributed by atoms with Crippen LogP contribution in [0, 0.1) is 26.6 Å². The van der Waals surface area contributed by atoms with Crippen molar-refractivity contribution in [1.82, 2.24) is 14.9 Å². The van der Waals surface area contributed by atoms with Crippen LogP contribution in [0.15, 0.2) is 48.7 Å². The average Bonchev–Trinajstić information content (AvgIpc) is 2.78. The second-order valence-corrected chi connectivity index (χ2v) is 8.56. The molecule has 3 aromatic rings. The highest BCUT2D eigenvalue weighted by Crippen LogP contribution is 2.31. The van der Waals surface area contributed by atoms with Crippen molar-refractivity contribution < 1.29 is 9.18 Å². The van der Waals surface area contributed by atoms with Gasteiger partial charge < -0.3 is 5.32 Å². The van der Waals surface area contributed by atoms with Crippen LogP contribution in [-0.4, -0.2) is 27.3 Å². The van der Waals surface area contributed by atoms with E-state index >= 15 is 0 Å². The maximum atomic E-state index is 13.9. The summed E-state index contributed by atoms with van der Waals surface area (Å²) in [5, 5.41) is 2.61. The highest BCUT2D eigenvalue weighted by molar-refractivity contribution is 6.04. The number of nitrogens with one attached hydrogen (secondary N) is 1. The smallest absolute Gasteiger partial charge is 0.259 e. The van der Waals surface area contributed by atoms with Crippen molar-refractivity contribution in [3.8, 4) is 0 Å². The third-order valence-corrected chi connectivity index (χ3v) is 6.23. The van der Waals surface area contributed by atoms with Crippen LogP contribution in [0.4, 0.5) is 10.1 Å². The normalized spacial score (nSPS) is 16.7. The van der Waals surface area contributed by atoms with E-state index in [1.54, 1.807) is 25.3 Å². The first-order valence-electron chi connectivity index (χ1n) is 11.1. The molecule has 2 aromatic carbocycles. The molecule has 0 aliphatic carbocycles. The number of benzene rings is 2. The Bertz CT molecular complexity index is 1130. The lowest BCUT2D eigenvalue weighted by molar-refractivity contribution is 0.102. The Kier molecular flexibility index (Phi) is 6.61. The number of anilines is 1. The van der Waals surface area contributed by atoms with Gasteiger partial charge in [-0.2, -0.15) is 0 Å². The summed E-state index contributed by atoms with van der Waals surface area (Å²) in [6, 6.07) is 12.8. The molecule has 1 unspecified atom stereocenters. The summed E-state index contributed by atoms with van der Waals surface area (Å²) in [6.45, 7) is 7.92. The topological polar surface area (TPSA) is 58.1 Å². The van der Waals surface area contributed by atoms with Gasteiger partial charge in [0.2, 0.25) is 0 Å². The van der Waals surface area contributed by atoms with Gasteiger partial charge in [0.1, 0.15) is 11.6 Å². The second-order valence-electron chi connectivity index (χ2n) is 8.56. The summed E-state index contributed by atoms with van der Waals surface area (Å²) < 4.78 is 13.9. The van der Waals surface area contributed by atoms with Crippen LogP contribution in [0.25, 0.3) is 0 Å². The summed E-state index contributed by atoms with van der Waals surface area (Å²) in [5.74, 6) is -0.136. The molecular weight excluding hydrogens is 403 g/mol. The number of hydrogen-bond acceptors (Lipinski definition) is 4. The van der Waals surface area contributed by atoms with Gasteiger partial charge in [0.15, 0.2) is 0 Å². The zero-order valence-corrected chi connectivity index (χ0v) is 18.9. The van der Waals surface area contributed by atoms with E-state index in [-0.39, 0.29) is 11.7 Å². The molecule has 1 amide bonds. The molecule has 5 nitrogen and oxygen atoms in total. The largest absolute Gasteiger partial charge is 0.319 e. The van der Waals surface area contributed by atoms with E-state index < -0.39 is 11.7 Å². The molecule has 1 aromatic heterocycles. The van der Waals surface area contributed by atoms with Crippen LogP contribution < -0.4 is 5.32 Å². The van der Waals surface area contributed by atoms with Gasteiger partial charge in [0, 0.05) is 12.7 Å². The van der Waals surface area contributed by atoms with Crippen molar-refractivity contribution in [3.05, 3.63) is 88.3 Å². The molecule has 6 heteroatoms. The second kappa shape index (κ2) is 9.57. The first kappa shape index (κ1) is 22.1. The number of amides is 1. The molecular formula is C26H29FN4O. The Morgan fingerprint density at radius 1 is 1.12 bits per heavy atom. The summed E-state index contributed by atoms with van der Waals surface area (Å²) in [6.07, 6.45) is 4.84. The number of aromatic nitrogens is 2. The van der Waals surface area contributed by atoms with E-state index in [1.807, 2.05) is 0 Å². The quantitative estimate of drug-likeness (QED) is 0.577. The molecule has 32 heavy (non-hydrogen) atoms. The predicted molar refractivity (Wildman–Crippen MR) is 124 cm³/mol. The summed E-state index contributed by atoms with van der Waals surface area (Å²) in [4.78, 5) is 24.4. The van der Waals surface area contributed by atoms with E-state index in [0.717, 1.165) is 38.2 Å². The molecule has 1 N–H and O–H groups in total. The number of rotatable bonds is 5. The molecule has 0 bridgehead atoms. The fourth-order valence-electron chi connectivity index (χ4n) is 4.23. The first-order valence-corrected chi connectivity index (χ1v) is 11.1. The van der Waals surface area contributed by atoms with Gasteiger partial charge in [-0.3, -0.25) is 9.69 Å². The molecule has 0 spiro atoms. The monoisotopic (exact) mass is 432 g/mol. The maximum Gasteiger partial charge on any atom is 0.259 e. The number of nitrogens with zero attached hydrogens (tertiary/aromatic N) is 3. The summed E-state index contributed by atoms with van der Waals surface area (Å²) in [7, 11) is 0. The molecule has 1 fully saturated rings. The Morgan fingerprint density at radius 2 is 1.94 bits per heavy atom. The lowest BCUT2D eigenvalue weighted by Gasteiger charge is -2.35. The number of para-hydroxylation sites is 1. The fourth-order valence-corrected chi connectivity index (χ4v) is 4.23. The van der Waals surface area contributed by atoms with Gasteiger partial charge in [-0.05, 0) is 69.0 Å².